The number of ether oxygens (including phenoxy) is 1. The van der Waals surface area contributed by atoms with Crippen LogP contribution in [0, 0.1) is 0 Å². The molecule has 4 aromatic rings. The number of carbonyl (C=O) groups excluding carboxylic acids is 1. The summed E-state index contributed by atoms with van der Waals surface area (Å²) in [6, 6.07) is 9.17. The molecule has 0 saturated carbocycles. The first-order chi connectivity index (χ1) is 12.2. The fourth-order valence-corrected chi connectivity index (χ4v) is 3.00. The molecule has 0 spiro atoms. The minimum absolute atomic E-state index is 0.228. The number of carbonyl (C=O) groups is 1. The maximum Gasteiger partial charge on any atom is 0.356 e. The molecule has 0 aliphatic rings. The predicted octanol–water partition coefficient (Wildman–Crippen LogP) is 4.19. The zero-order chi connectivity index (χ0) is 17.2. The second-order valence-electron chi connectivity index (χ2n) is 5.26. The van der Waals surface area contributed by atoms with Crippen molar-refractivity contribution in [3.05, 3.63) is 53.8 Å². The summed E-state index contributed by atoms with van der Waals surface area (Å²) in [6.07, 6.45) is 3.36. The standard InChI is InChI=1S/C18H13N3O3S/c1-2-23-18(22)15-8-12(5-6-19-15)17-21-14-7-11(3-4-16(14)24-17)13-9-20-25-10-13/h3-10H,2H2,1H3. The molecule has 1 aromatic carbocycles. The number of pyridine rings is 1. The molecule has 0 N–H and O–H groups in total. The van der Waals surface area contributed by atoms with Crippen LogP contribution < -0.4 is 0 Å². The Labute approximate surface area is 147 Å². The molecule has 0 radical (unpaired) electrons. The van der Waals surface area contributed by atoms with Crippen LogP contribution in [0.5, 0.6) is 0 Å². The van der Waals surface area contributed by atoms with Gasteiger partial charge in [-0.1, -0.05) is 6.07 Å². The molecule has 25 heavy (non-hydrogen) atoms. The molecule has 4 rings (SSSR count). The fourth-order valence-electron chi connectivity index (χ4n) is 2.46. The maximum atomic E-state index is 11.8. The van der Waals surface area contributed by atoms with E-state index in [2.05, 4.69) is 14.3 Å². The summed E-state index contributed by atoms with van der Waals surface area (Å²) in [5, 5.41) is 1.98. The Balaban J connectivity index is 1.72. The summed E-state index contributed by atoms with van der Waals surface area (Å²) in [7, 11) is 0. The molecule has 0 aliphatic carbocycles. The molecule has 6 nitrogen and oxygen atoms in total. The van der Waals surface area contributed by atoms with Gasteiger partial charge in [-0.15, -0.1) is 0 Å². The first-order valence-electron chi connectivity index (χ1n) is 7.68. The van der Waals surface area contributed by atoms with Crippen LogP contribution in [0.1, 0.15) is 17.4 Å². The van der Waals surface area contributed by atoms with Gasteiger partial charge in [0.2, 0.25) is 5.89 Å². The van der Waals surface area contributed by atoms with Crippen molar-refractivity contribution in [3.8, 4) is 22.6 Å². The monoisotopic (exact) mass is 351 g/mol. The number of fused-ring (bicyclic) bond motifs is 1. The van der Waals surface area contributed by atoms with Crippen LogP contribution in [-0.4, -0.2) is 26.9 Å². The fraction of sp³-hybridized carbons (Fsp3) is 0.111. The predicted molar refractivity (Wildman–Crippen MR) is 94.3 cm³/mol. The second kappa shape index (κ2) is 6.45. The number of hydrogen-bond donors (Lipinski definition) is 0. The van der Waals surface area contributed by atoms with Gasteiger partial charge in [-0.2, -0.15) is 0 Å². The summed E-state index contributed by atoms with van der Waals surface area (Å²) in [4.78, 5) is 20.4. The molecule has 3 heterocycles. The minimum atomic E-state index is -0.465. The molecule has 0 bridgehead atoms. The van der Waals surface area contributed by atoms with Crippen LogP contribution in [0.15, 0.2) is 52.5 Å². The average molecular weight is 351 g/mol. The summed E-state index contributed by atoms with van der Waals surface area (Å²) in [5.41, 5.74) is 4.40. The van der Waals surface area contributed by atoms with E-state index in [1.165, 1.54) is 11.5 Å². The average Bonchev–Trinajstić information content (AvgIpc) is 3.31. The van der Waals surface area contributed by atoms with E-state index in [1.807, 2.05) is 29.8 Å². The van der Waals surface area contributed by atoms with Crippen molar-refractivity contribution in [1.82, 2.24) is 14.3 Å². The first kappa shape index (κ1) is 15.5. The van der Waals surface area contributed by atoms with Gasteiger partial charge in [0.05, 0.1) is 6.61 Å². The van der Waals surface area contributed by atoms with E-state index in [4.69, 9.17) is 9.15 Å². The summed E-state index contributed by atoms with van der Waals surface area (Å²) in [6.45, 7) is 2.05. The van der Waals surface area contributed by atoms with Crippen molar-refractivity contribution in [3.63, 3.8) is 0 Å². The third-order valence-electron chi connectivity index (χ3n) is 3.64. The van der Waals surface area contributed by atoms with E-state index >= 15 is 0 Å². The van der Waals surface area contributed by atoms with E-state index in [9.17, 15) is 4.79 Å². The van der Waals surface area contributed by atoms with Gasteiger partial charge in [-0.3, -0.25) is 0 Å². The quantitative estimate of drug-likeness (QED) is 0.513. The zero-order valence-corrected chi connectivity index (χ0v) is 14.1. The molecular weight excluding hydrogens is 338 g/mol. The van der Waals surface area contributed by atoms with Crippen molar-refractivity contribution in [2.75, 3.05) is 6.61 Å². The molecule has 0 saturated heterocycles. The van der Waals surface area contributed by atoms with Gasteiger partial charge < -0.3 is 9.15 Å². The highest BCUT2D eigenvalue weighted by Gasteiger charge is 2.14. The van der Waals surface area contributed by atoms with E-state index in [0.717, 1.165) is 16.6 Å². The molecule has 7 heteroatoms. The van der Waals surface area contributed by atoms with E-state index < -0.39 is 5.97 Å². The van der Waals surface area contributed by atoms with Gasteiger partial charge in [-0.05, 0) is 48.3 Å². The SMILES string of the molecule is CCOC(=O)c1cc(-c2nc3cc(-c4cnsc4)ccc3o2)ccn1. The lowest BCUT2D eigenvalue weighted by atomic mass is 10.1. The molecule has 0 unspecified atom stereocenters. The van der Waals surface area contributed by atoms with Gasteiger partial charge in [0.15, 0.2) is 5.58 Å². The Morgan fingerprint density at radius 1 is 1.20 bits per heavy atom. The Bertz CT molecular complexity index is 1040. The molecule has 0 atom stereocenters. The highest BCUT2D eigenvalue weighted by atomic mass is 32.1. The Morgan fingerprint density at radius 2 is 2.12 bits per heavy atom. The normalized spacial score (nSPS) is 10.9. The van der Waals surface area contributed by atoms with Gasteiger partial charge in [0.25, 0.3) is 0 Å². The molecule has 0 fully saturated rings. The van der Waals surface area contributed by atoms with Gasteiger partial charge in [-0.25, -0.2) is 19.1 Å². The highest BCUT2D eigenvalue weighted by molar-refractivity contribution is 7.03. The molecule has 0 amide bonds. The number of oxazole rings is 1. The van der Waals surface area contributed by atoms with Crippen LogP contribution in [0.2, 0.25) is 0 Å². The van der Waals surface area contributed by atoms with Crippen LogP contribution >= 0.6 is 11.5 Å². The third kappa shape index (κ3) is 3.01. The molecular formula is C18H13N3O3S. The number of benzene rings is 1. The molecule has 124 valence electrons. The van der Waals surface area contributed by atoms with Crippen molar-refractivity contribution in [2.24, 2.45) is 0 Å². The van der Waals surface area contributed by atoms with Gasteiger partial charge in [0.1, 0.15) is 11.2 Å². The second-order valence-corrected chi connectivity index (χ2v) is 5.92. The zero-order valence-electron chi connectivity index (χ0n) is 13.3. The number of esters is 1. The van der Waals surface area contributed by atoms with Crippen molar-refractivity contribution < 1.29 is 13.9 Å². The summed E-state index contributed by atoms with van der Waals surface area (Å²) >= 11 is 1.41. The first-order valence-corrected chi connectivity index (χ1v) is 8.52. The van der Waals surface area contributed by atoms with Crippen molar-refractivity contribution >= 4 is 28.6 Å². The van der Waals surface area contributed by atoms with Gasteiger partial charge >= 0.3 is 5.97 Å². The van der Waals surface area contributed by atoms with Crippen LogP contribution in [0.25, 0.3) is 33.7 Å². The number of rotatable bonds is 4. The lowest BCUT2D eigenvalue weighted by Gasteiger charge is -2.01. The lowest BCUT2D eigenvalue weighted by Crippen LogP contribution is -2.06. The van der Waals surface area contributed by atoms with Crippen LogP contribution in [0.3, 0.4) is 0 Å². The smallest absolute Gasteiger partial charge is 0.356 e. The third-order valence-corrected chi connectivity index (χ3v) is 4.23. The molecule has 0 aliphatic heterocycles. The Hall–Kier alpha value is -3.06. The van der Waals surface area contributed by atoms with Gasteiger partial charge in [0, 0.05) is 28.9 Å². The van der Waals surface area contributed by atoms with E-state index in [-0.39, 0.29) is 5.69 Å². The summed E-state index contributed by atoms with van der Waals surface area (Å²) < 4.78 is 14.9. The van der Waals surface area contributed by atoms with Crippen LogP contribution in [0.4, 0.5) is 0 Å². The van der Waals surface area contributed by atoms with Crippen molar-refractivity contribution in [2.45, 2.75) is 6.92 Å². The topological polar surface area (TPSA) is 78.1 Å². The summed E-state index contributed by atoms with van der Waals surface area (Å²) in [5.74, 6) is -0.0313. The lowest BCUT2D eigenvalue weighted by molar-refractivity contribution is 0.0519. The highest BCUT2D eigenvalue weighted by Crippen LogP contribution is 2.28. The minimum Gasteiger partial charge on any atom is -0.461 e. The van der Waals surface area contributed by atoms with E-state index in [0.29, 0.717) is 23.6 Å². The number of hydrogen-bond acceptors (Lipinski definition) is 7. The largest absolute Gasteiger partial charge is 0.461 e. The number of aromatic nitrogens is 3. The molecule has 3 aromatic heterocycles. The van der Waals surface area contributed by atoms with E-state index in [1.54, 1.807) is 25.3 Å². The number of nitrogens with zero attached hydrogens (tertiary/aromatic N) is 3. The Kier molecular flexibility index (Phi) is 3.99. The maximum absolute atomic E-state index is 11.8. The van der Waals surface area contributed by atoms with Crippen LogP contribution in [-0.2, 0) is 4.74 Å². The van der Waals surface area contributed by atoms with Crippen molar-refractivity contribution in [1.29, 1.82) is 0 Å². The Morgan fingerprint density at radius 3 is 2.92 bits per heavy atom.